The van der Waals surface area contributed by atoms with Gasteiger partial charge in [-0.25, -0.2) is 0 Å². The topological polar surface area (TPSA) is 30.5 Å². The van der Waals surface area contributed by atoms with Gasteiger partial charge >= 0.3 is 0 Å². The summed E-state index contributed by atoms with van der Waals surface area (Å²) in [5, 5.41) is 3.40. The third-order valence-corrected chi connectivity index (χ3v) is 4.02. The van der Waals surface area contributed by atoms with Gasteiger partial charge < -0.3 is 14.8 Å². The van der Waals surface area contributed by atoms with Gasteiger partial charge in [0, 0.05) is 5.69 Å². The van der Waals surface area contributed by atoms with E-state index in [1.54, 1.807) is 0 Å². The Morgan fingerprint density at radius 3 is 2.35 bits per heavy atom. The summed E-state index contributed by atoms with van der Waals surface area (Å²) in [5.41, 5.74) is 3.42. The second-order valence-corrected chi connectivity index (χ2v) is 6.42. The molecule has 134 valence electrons. The van der Waals surface area contributed by atoms with E-state index < -0.39 is 0 Å². The van der Waals surface area contributed by atoms with Crippen molar-refractivity contribution in [2.45, 2.75) is 26.6 Å². The number of nitrogens with one attached hydrogen (secondary N) is 1. The number of rotatable bonds is 8. The van der Waals surface area contributed by atoms with E-state index in [0.29, 0.717) is 6.61 Å². The molecule has 0 amide bonds. The van der Waals surface area contributed by atoms with Gasteiger partial charge in [-0.15, -0.1) is 0 Å². The van der Waals surface area contributed by atoms with Gasteiger partial charge in [-0.1, -0.05) is 42.5 Å². The highest BCUT2D eigenvalue weighted by molar-refractivity contribution is 5.46. The third-order valence-electron chi connectivity index (χ3n) is 4.02. The maximum absolute atomic E-state index is 5.94. The molecule has 1 N–H and O–H groups in total. The molecule has 0 aliphatic heterocycles. The van der Waals surface area contributed by atoms with Crippen molar-refractivity contribution in [2.24, 2.45) is 0 Å². The molecule has 3 heteroatoms. The van der Waals surface area contributed by atoms with Gasteiger partial charge in [-0.3, -0.25) is 0 Å². The summed E-state index contributed by atoms with van der Waals surface area (Å²) in [4.78, 5) is 0. The van der Waals surface area contributed by atoms with Crippen LogP contribution >= 0.6 is 0 Å². The Morgan fingerprint density at radius 1 is 0.846 bits per heavy atom. The largest absolute Gasteiger partial charge is 0.489 e. The van der Waals surface area contributed by atoms with Crippen molar-refractivity contribution in [2.75, 3.05) is 11.9 Å². The zero-order chi connectivity index (χ0) is 18.2. The minimum Gasteiger partial charge on any atom is -0.489 e. The lowest BCUT2D eigenvalue weighted by atomic mass is 10.2. The Labute approximate surface area is 155 Å². The number of ether oxygens (including phenoxy) is 2. The second-order valence-electron chi connectivity index (χ2n) is 6.42. The third kappa shape index (κ3) is 5.55. The van der Waals surface area contributed by atoms with Gasteiger partial charge in [0.15, 0.2) is 0 Å². The van der Waals surface area contributed by atoms with E-state index in [4.69, 9.17) is 9.47 Å². The molecule has 0 aromatic heterocycles. The molecule has 0 aliphatic rings. The van der Waals surface area contributed by atoms with Crippen LogP contribution in [0.1, 0.15) is 18.1 Å². The van der Waals surface area contributed by atoms with Gasteiger partial charge in [-0.2, -0.15) is 0 Å². The number of hydrogen-bond donors (Lipinski definition) is 1. The predicted molar refractivity (Wildman–Crippen MR) is 107 cm³/mol. The van der Waals surface area contributed by atoms with Crippen LogP contribution < -0.4 is 14.8 Å². The minimum atomic E-state index is 0.0748. The van der Waals surface area contributed by atoms with Crippen LogP contribution in [0.4, 0.5) is 5.69 Å². The standard InChI is InChI=1S/C23H25NO2/c1-18-7-6-10-23(15-18)26-19(2)16-24-21-11-13-22(14-12-21)25-17-20-8-4-3-5-9-20/h3-15,19,24H,16-17H2,1-2H3. The van der Waals surface area contributed by atoms with Crippen LogP contribution in [0.3, 0.4) is 0 Å². The van der Waals surface area contributed by atoms with Gasteiger partial charge in [0.1, 0.15) is 24.2 Å². The van der Waals surface area contributed by atoms with Crippen LogP contribution in [0, 0.1) is 6.92 Å². The Bertz CT molecular complexity index is 800. The molecule has 0 aliphatic carbocycles. The second kappa shape index (κ2) is 8.95. The smallest absolute Gasteiger partial charge is 0.120 e. The van der Waals surface area contributed by atoms with E-state index >= 15 is 0 Å². The van der Waals surface area contributed by atoms with Gasteiger partial charge in [0.05, 0.1) is 6.54 Å². The summed E-state index contributed by atoms with van der Waals surface area (Å²) < 4.78 is 11.8. The zero-order valence-electron chi connectivity index (χ0n) is 15.3. The Morgan fingerprint density at radius 2 is 1.62 bits per heavy atom. The van der Waals surface area contributed by atoms with Gasteiger partial charge in [0.2, 0.25) is 0 Å². The van der Waals surface area contributed by atoms with Crippen molar-refractivity contribution in [3.63, 3.8) is 0 Å². The van der Waals surface area contributed by atoms with Crippen LogP contribution in [-0.2, 0) is 6.61 Å². The molecular formula is C23H25NO2. The van der Waals surface area contributed by atoms with Crippen LogP contribution in [0.2, 0.25) is 0 Å². The average Bonchev–Trinajstić information content (AvgIpc) is 2.66. The number of hydrogen-bond acceptors (Lipinski definition) is 3. The maximum atomic E-state index is 5.94. The predicted octanol–water partition coefficient (Wildman–Crippen LogP) is 5.45. The molecule has 26 heavy (non-hydrogen) atoms. The number of benzene rings is 3. The van der Waals surface area contributed by atoms with Crippen molar-refractivity contribution in [1.29, 1.82) is 0 Å². The molecule has 0 radical (unpaired) electrons. The van der Waals surface area contributed by atoms with E-state index in [2.05, 4.69) is 43.4 Å². The molecule has 0 heterocycles. The number of anilines is 1. The Kier molecular flexibility index (Phi) is 6.15. The molecule has 0 saturated heterocycles. The maximum Gasteiger partial charge on any atom is 0.120 e. The molecule has 3 nitrogen and oxygen atoms in total. The highest BCUT2D eigenvalue weighted by Gasteiger charge is 2.04. The van der Waals surface area contributed by atoms with Crippen LogP contribution in [0.5, 0.6) is 11.5 Å². The first-order chi connectivity index (χ1) is 12.7. The van der Waals surface area contributed by atoms with E-state index in [-0.39, 0.29) is 6.10 Å². The van der Waals surface area contributed by atoms with Crippen LogP contribution in [-0.4, -0.2) is 12.6 Å². The molecule has 0 bridgehead atoms. The minimum absolute atomic E-state index is 0.0748. The van der Waals surface area contributed by atoms with Crippen LogP contribution in [0.15, 0.2) is 78.9 Å². The fourth-order valence-electron chi connectivity index (χ4n) is 2.63. The highest BCUT2D eigenvalue weighted by atomic mass is 16.5. The molecule has 0 spiro atoms. The monoisotopic (exact) mass is 347 g/mol. The van der Waals surface area contributed by atoms with Crippen molar-refractivity contribution >= 4 is 5.69 Å². The van der Waals surface area contributed by atoms with E-state index in [1.165, 1.54) is 5.56 Å². The van der Waals surface area contributed by atoms with Crippen molar-refractivity contribution in [3.8, 4) is 11.5 Å². The molecule has 0 saturated carbocycles. The lowest BCUT2D eigenvalue weighted by molar-refractivity contribution is 0.234. The first-order valence-electron chi connectivity index (χ1n) is 8.93. The van der Waals surface area contributed by atoms with E-state index in [9.17, 15) is 0 Å². The molecule has 3 aromatic carbocycles. The first kappa shape index (κ1) is 17.9. The summed E-state index contributed by atoms with van der Waals surface area (Å²) in [6.45, 7) is 5.44. The summed E-state index contributed by atoms with van der Waals surface area (Å²) in [7, 11) is 0. The quantitative estimate of drug-likeness (QED) is 0.587. The lowest BCUT2D eigenvalue weighted by Crippen LogP contribution is -2.22. The Balaban J connectivity index is 1.45. The molecule has 1 unspecified atom stereocenters. The fraction of sp³-hybridized carbons (Fsp3) is 0.217. The summed E-state index contributed by atoms with van der Waals surface area (Å²) in [5.74, 6) is 1.77. The van der Waals surface area contributed by atoms with Crippen LogP contribution in [0.25, 0.3) is 0 Å². The molecule has 1 atom stereocenters. The normalized spacial score (nSPS) is 11.6. The van der Waals surface area contributed by atoms with Crippen molar-refractivity contribution < 1.29 is 9.47 Å². The van der Waals surface area contributed by atoms with E-state index in [1.807, 2.05) is 54.6 Å². The summed E-state index contributed by atoms with van der Waals surface area (Å²) >= 11 is 0. The average molecular weight is 347 g/mol. The Hall–Kier alpha value is -2.94. The van der Waals surface area contributed by atoms with Gasteiger partial charge in [-0.05, 0) is 61.4 Å². The SMILES string of the molecule is Cc1cccc(OC(C)CNc2ccc(OCc3ccccc3)cc2)c1. The first-order valence-corrected chi connectivity index (χ1v) is 8.93. The lowest BCUT2D eigenvalue weighted by Gasteiger charge is -2.16. The molecular weight excluding hydrogens is 322 g/mol. The summed E-state index contributed by atoms with van der Waals surface area (Å²) in [6.07, 6.45) is 0.0748. The fourth-order valence-corrected chi connectivity index (χ4v) is 2.63. The zero-order valence-corrected chi connectivity index (χ0v) is 15.3. The molecule has 3 rings (SSSR count). The molecule has 3 aromatic rings. The summed E-state index contributed by atoms with van der Waals surface area (Å²) in [6, 6.07) is 26.3. The van der Waals surface area contributed by atoms with Crippen molar-refractivity contribution in [3.05, 3.63) is 90.0 Å². The number of aryl methyl sites for hydroxylation is 1. The molecule has 0 fully saturated rings. The highest BCUT2D eigenvalue weighted by Crippen LogP contribution is 2.18. The van der Waals surface area contributed by atoms with Gasteiger partial charge in [0.25, 0.3) is 0 Å². The van der Waals surface area contributed by atoms with E-state index in [0.717, 1.165) is 29.3 Å². The van der Waals surface area contributed by atoms with Crippen molar-refractivity contribution in [1.82, 2.24) is 0 Å².